The molecule has 0 aliphatic carbocycles. The van der Waals surface area contributed by atoms with Crippen molar-refractivity contribution >= 4 is 15.8 Å². The summed E-state index contributed by atoms with van der Waals surface area (Å²) in [6, 6.07) is 17.4. The van der Waals surface area contributed by atoms with E-state index in [9.17, 15) is 13.2 Å². The van der Waals surface area contributed by atoms with E-state index in [4.69, 9.17) is 19.3 Å². The van der Waals surface area contributed by atoms with Gasteiger partial charge in [0.2, 0.25) is 9.84 Å². The third kappa shape index (κ3) is 5.79. The molecule has 3 aromatic rings. The lowest BCUT2D eigenvalue weighted by Crippen LogP contribution is -2.06. The quantitative estimate of drug-likeness (QED) is 0.470. The van der Waals surface area contributed by atoms with Crippen LogP contribution in [0.1, 0.15) is 19.4 Å². The second-order valence-electron chi connectivity index (χ2n) is 6.80. The first-order valence-electron chi connectivity index (χ1n) is 10.1. The summed E-state index contributed by atoms with van der Waals surface area (Å²) in [5, 5.41) is 9.09. The van der Waals surface area contributed by atoms with Crippen LogP contribution in [0.25, 0.3) is 0 Å². The largest absolute Gasteiger partial charge is 0.494 e. The Labute approximate surface area is 187 Å². The third-order valence-corrected chi connectivity index (χ3v) is 6.15. The molecule has 0 heterocycles. The van der Waals surface area contributed by atoms with Gasteiger partial charge in [-0.1, -0.05) is 6.07 Å². The summed E-state index contributed by atoms with van der Waals surface area (Å²) in [7, 11) is -3.89. The van der Waals surface area contributed by atoms with E-state index in [-0.39, 0.29) is 16.2 Å². The number of sulfone groups is 1. The van der Waals surface area contributed by atoms with Gasteiger partial charge in [0, 0.05) is 6.07 Å². The Kier molecular flexibility index (Phi) is 7.37. The van der Waals surface area contributed by atoms with Crippen molar-refractivity contribution < 1.29 is 32.5 Å². The summed E-state index contributed by atoms with van der Waals surface area (Å²) in [6.07, 6.45) is -0.309. The number of hydrogen-bond acceptors (Lipinski definition) is 6. The summed E-state index contributed by atoms with van der Waals surface area (Å²) in [5.74, 6) is 0.952. The van der Waals surface area contributed by atoms with Gasteiger partial charge in [-0.25, -0.2) is 8.42 Å². The van der Waals surface area contributed by atoms with E-state index in [0.717, 1.165) is 0 Å². The van der Waals surface area contributed by atoms with Gasteiger partial charge in [0.05, 0.1) is 29.4 Å². The number of carboxylic acids is 1. The maximum absolute atomic E-state index is 13.2. The van der Waals surface area contributed by atoms with Crippen LogP contribution in [0.2, 0.25) is 0 Å². The van der Waals surface area contributed by atoms with Gasteiger partial charge in [-0.2, -0.15) is 0 Å². The van der Waals surface area contributed by atoms with Crippen LogP contribution >= 0.6 is 0 Å². The fourth-order valence-electron chi connectivity index (χ4n) is 3.07. The second kappa shape index (κ2) is 10.2. The molecule has 0 aliphatic heterocycles. The zero-order valence-electron chi connectivity index (χ0n) is 17.8. The maximum atomic E-state index is 13.2. The predicted octanol–water partition coefficient (Wildman–Crippen LogP) is 4.74. The van der Waals surface area contributed by atoms with Gasteiger partial charge in [0.1, 0.15) is 23.0 Å². The Morgan fingerprint density at radius 1 is 0.781 bits per heavy atom. The topological polar surface area (TPSA) is 99.1 Å². The van der Waals surface area contributed by atoms with Gasteiger partial charge in [0.15, 0.2) is 0 Å². The standard InChI is InChI=1S/C24H24O7S/c1-3-29-19-6-5-7-20(15-19)31-18-8-10-22(11-9-18)32(27,28)23-13-17(14-24(25)26)12-21(16-23)30-4-2/h5-13,15-16H,3-4,14H2,1-2H3,(H,25,26). The van der Waals surface area contributed by atoms with Crippen molar-refractivity contribution in [3.05, 3.63) is 72.3 Å². The summed E-state index contributed by atoms with van der Waals surface area (Å²) >= 11 is 0. The zero-order valence-corrected chi connectivity index (χ0v) is 18.6. The minimum absolute atomic E-state index is 0.0298. The van der Waals surface area contributed by atoms with E-state index in [0.29, 0.717) is 41.8 Å². The van der Waals surface area contributed by atoms with E-state index in [1.807, 2.05) is 13.0 Å². The monoisotopic (exact) mass is 456 g/mol. The molecule has 0 spiro atoms. The van der Waals surface area contributed by atoms with Crippen LogP contribution < -0.4 is 14.2 Å². The number of rotatable bonds is 10. The molecule has 0 fully saturated rings. The Hall–Kier alpha value is -3.52. The summed E-state index contributed by atoms with van der Waals surface area (Å²) < 4.78 is 43.0. The molecule has 0 aromatic heterocycles. The summed E-state index contributed by atoms with van der Waals surface area (Å²) in [5.41, 5.74) is 0.344. The molecule has 0 aliphatic rings. The molecule has 32 heavy (non-hydrogen) atoms. The van der Waals surface area contributed by atoms with Crippen LogP contribution in [0.3, 0.4) is 0 Å². The van der Waals surface area contributed by atoms with Gasteiger partial charge in [-0.05, 0) is 74.0 Å². The van der Waals surface area contributed by atoms with Crippen molar-refractivity contribution in [2.45, 2.75) is 30.1 Å². The molecule has 0 atom stereocenters. The highest BCUT2D eigenvalue weighted by Crippen LogP contribution is 2.30. The molecule has 0 saturated carbocycles. The average Bonchev–Trinajstić information content (AvgIpc) is 2.74. The van der Waals surface area contributed by atoms with Crippen LogP contribution in [0, 0.1) is 0 Å². The van der Waals surface area contributed by atoms with Gasteiger partial charge in [0.25, 0.3) is 0 Å². The number of ether oxygens (including phenoxy) is 3. The third-order valence-electron chi connectivity index (χ3n) is 4.40. The number of carbonyl (C=O) groups is 1. The lowest BCUT2D eigenvalue weighted by molar-refractivity contribution is -0.136. The molecule has 3 rings (SSSR count). The predicted molar refractivity (Wildman–Crippen MR) is 119 cm³/mol. The first-order chi connectivity index (χ1) is 15.3. The van der Waals surface area contributed by atoms with Crippen LogP contribution in [0.4, 0.5) is 0 Å². The fraction of sp³-hybridized carbons (Fsp3) is 0.208. The van der Waals surface area contributed by atoms with Crippen molar-refractivity contribution in [1.82, 2.24) is 0 Å². The first kappa shape index (κ1) is 23.1. The van der Waals surface area contributed by atoms with E-state index in [1.165, 1.54) is 30.3 Å². The molecule has 168 valence electrons. The molecule has 8 heteroatoms. The van der Waals surface area contributed by atoms with E-state index < -0.39 is 15.8 Å². The van der Waals surface area contributed by atoms with E-state index in [2.05, 4.69) is 0 Å². The number of benzene rings is 3. The van der Waals surface area contributed by atoms with Crippen LogP contribution in [0.15, 0.2) is 76.5 Å². The molecular formula is C24H24O7S. The normalized spacial score (nSPS) is 11.1. The number of hydrogen-bond donors (Lipinski definition) is 1. The van der Waals surface area contributed by atoms with Crippen molar-refractivity contribution in [1.29, 1.82) is 0 Å². The van der Waals surface area contributed by atoms with Crippen molar-refractivity contribution in [3.63, 3.8) is 0 Å². The molecule has 0 unspecified atom stereocenters. The van der Waals surface area contributed by atoms with Gasteiger partial charge in [-0.3, -0.25) is 4.79 Å². The van der Waals surface area contributed by atoms with Crippen molar-refractivity contribution in [2.24, 2.45) is 0 Å². The summed E-state index contributed by atoms with van der Waals surface area (Å²) in [6.45, 7) is 4.52. The molecular weight excluding hydrogens is 432 g/mol. The highest BCUT2D eigenvalue weighted by atomic mass is 32.2. The Bertz CT molecular complexity index is 1190. The Balaban J connectivity index is 1.87. The van der Waals surface area contributed by atoms with E-state index >= 15 is 0 Å². The van der Waals surface area contributed by atoms with E-state index in [1.54, 1.807) is 37.3 Å². The first-order valence-corrected chi connectivity index (χ1v) is 11.5. The molecule has 0 radical (unpaired) electrons. The Morgan fingerprint density at radius 2 is 1.44 bits per heavy atom. The number of carboxylic acid groups (broad SMARTS) is 1. The van der Waals surface area contributed by atoms with Gasteiger partial charge < -0.3 is 19.3 Å². The number of aliphatic carboxylic acids is 1. The Morgan fingerprint density at radius 3 is 2.09 bits per heavy atom. The van der Waals surface area contributed by atoms with Crippen LogP contribution in [-0.2, 0) is 21.1 Å². The maximum Gasteiger partial charge on any atom is 0.307 e. The molecule has 0 bridgehead atoms. The molecule has 1 N–H and O–H groups in total. The van der Waals surface area contributed by atoms with Crippen molar-refractivity contribution in [3.8, 4) is 23.0 Å². The van der Waals surface area contributed by atoms with Gasteiger partial charge >= 0.3 is 5.97 Å². The van der Waals surface area contributed by atoms with Crippen LogP contribution in [-0.4, -0.2) is 32.7 Å². The lowest BCUT2D eigenvalue weighted by atomic mass is 10.1. The lowest BCUT2D eigenvalue weighted by Gasteiger charge is -2.11. The average molecular weight is 457 g/mol. The smallest absolute Gasteiger partial charge is 0.307 e. The summed E-state index contributed by atoms with van der Waals surface area (Å²) in [4.78, 5) is 11.1. The highest BCUT2D eigenvalue weighted by Gasteiger charge is 2.20. The minimum atomic E-state index is -3.89. The molecule has 0 saturated heterocycles. The fourth-order valence-corrected chi connectivity index (χ4v) is 4.41. The molecule has 0 amide bonds. The second-order valence-corrected chi connectivity index (χ2v) is 8.75. The van der Waals surface area contributed by atoms with Crippen LogP contribution in [0.5, 0.6) is 23.0 Å². The van der Waals surface area contributed by atoms with Gasteiger partial charge in [-0.15, -0.1) is 0 Å². The highest BCUT2D eigenvalue weighted by molar-refractivity contribution is 7.91. The SMILES string of the molecule is CCOc1cccc(Oc2ccc(S(=O)(=O)c3cc(CC(=O)O)cc(OCC)c3)cc2)c1. The molecule has 7 nitrogen and oxygen atoms in total. The molecule has 3 aromatic carbocycles. The zero-order chi connectivity index (χ0) is 23.1. The minimum Gasteiger partial charge on any atom is -0.494 e. The van der Waals surface area contributed by atoms with Crippen molar-refractivity contribution in [2.75, 3.05) is 13.2 Å².